The molecular formula is C22H31IN4O4. The van der Waals surface area contributed by atoms with Crippen molar-refractivity contribution in [2.24, 2.45) is 4.99 Å². The molecule has 2 aromatic rings. The van der Waals surface area contributed by atoms with Crippen LogP contribution in [0.2, 0.25) is 0 Å². The van der Waals surface area contributed by atoms with Gasteiger partial charge in [0, 0.05) is 32.2 Å². The van der Waals surface area contributed by atoms with Crippen molar-refractivity contribution in [1.29, 1.82) is 0 Å². The van der Waals surface area contributed by atoms with Gasteiger partial charge in [0.1, 0.15) is 0 Å². The second-order valence-electron chi connectivity index (χ2n) is 6.37. The first kappa shape index (κ1) is 26.3. The largest absolute Gasteiger partial charge is 0.493 e. The summed E-state index contributed by atoms with van der Waals surface area (Å²) in [5, 5.41) is 9.31. The van der Waals surface area contributed by atoms with E-state index in [2.05, 4.69) is 20.9 Å². The van der Waals surface area contributed by atoms with Crippen LogP contribution in [0, 0.1) is 0 Å². The number of aliphatic imine (C=N–C) groups is 1. The first-order valence-electron chi connectivity index (χ1n) is 9.66. The van der Waals surface area contributed by atoms with Gasteiger partial charge in [-0.2, -0.15) is 0 Å². The molecule has 1 amide bonds. The molecule has 0 spiro atoms. The Kier molecular flexibility index (Phi) is 11.5. The zero-order valence-electron chi connectivity index (χ0n) is 18.6. The predicted octanol–water partition coefficient (Wildman–Crippen LogP) is 2.95. The fraction of sp³-hybridized carbons (Fsp3) is 0.364. The number of hydrogen-bond donors (Lipinski definition) is 3. The first-order chi connectivity index (χ1) is 14.6. The standard InChI is InChI=1S/C22H30N4O4.HI/c1-6-24-21(27)17-9-7-15(8-10-17)13-25-22(23-2)26-14-16-11-18(28-3)20(30-5)19(12-16)29-4;/h7-12H,6,13-14H2,1-5H3,(H,24,27)(H2,23,25,26);1H. The number of carbonyl (C=O) groups is 1. The molecule has 170 valence electrons. The molecule has 0 aliphatic rings. The van der Waals surface area contributed by atoms with Crippen LogP contribution in [0.4, 0.5) is 0 Å². The van der Waals surface area contributed by atoms with Gasteiger partial charge >= 0.3 is 0 Å². The molecule has 0 atom stereocenters. The van der Waals surface area contributed by atoms with Gasteiger partial charge in [0.05, 0.1) is 21.3 Å². The minimum Gasteiger partial charge on any atom is -0.493 e. The predicted molar refractivity (Wildman–Crippen MR) is 133 cm³/mol. The zero-order chi connectivity index (χ0) is 21.9. The van der Waals surface area contributed by atoms with Gasteiger partial charge in [-0.05, 0) is 42.3 Å². The van der Waals surface area contributed by atoms with Crippen molar-refractivity contribution >= 4 is 35.8 Å². The number of carbonyl (C=O) groups excluding carboxylic acids is 1. The van der Waals surface area contributed by atoms with E-state index in [9.17, 15) is 4.79 Å². The Balaban J connectivity index is 0.00000480. The number of guanidine groups is 1. The average molecular weight is 542 g/mol. The molecule has 2 aromatic carbocycles. The van der Waals surface area contributed by atoms with E-state index in [4.69, 9.17) is 14.2 Å². The molecule has 8 nitrogen and oxygen atoms in total. The first-order valence-corrected chi connectivity index (χ1v) is 9.66. The van der Waals surface area contributed by atoms with E-state index in [0.717, 1.165) is 11.1 Å². The van der Waals surface area contributed by atoms with Gasteiger partial charge in [-0.25, -0.2) is 0 Å². The lowest BCUT2D eigenvalue weighted by molar-refractivity contribution is 0.0956. The van der Waals surface area contributed by atoms with E-state index in [0.29, 0.717) is 48.4 Å². The maximum Gasteiger partial charge on any atom is 0.251 e. The van der Waals surface area contributed by atoms with Crippen LogP contribution in [0.25, 0.3) is 0 Å². The third-order valence-electron chi connectivity index (χ3n) is 4.42. The van der Waals surface area contributed by atoms with Crippen molar-refractivity contribution in [2.75, 3.05) is 34.9 Å². The zero-order valence-corrected chi connectivity index (χ0v) is 20.9. The Morgan fingerprint density at radius 3 is 1.87 bits per heavy atom. The summed E-state index contributed by atoms with van der Waals surface area (Å²) in [5.74, 6) is 2.34. The number of halogens is 1. The summed E-state index contributed by atoms with van der Waals surface area (Å²) in [6.07, 6.45) is 0. The van der Waals surface area contributed by atoms with E-state index in [1.54, 1.807) is 28.4 Å². The maximum absolute atomic E-state index is 11.8. The fourth-order valence-corrected chi connectivity index (χ4v) is 2.87. The smallest absolute Gasteiger partial charge is 0.251 e. The molecular weight excluding hydrogens is 511 g/mol. The van der Waals surface area contributed by atoms with Gasteiger partial charge in [-0.15, -0.1) is 24.0 Å². The topological polar surface area (TPSA) is 93.2 Å². The van der Waals surface area contributed by atoms with Crippen LogP contribution in [0.15, 0.2) is 41.4 Å². The summed E-state index contributed by atoms with van der Waals surface area (Å²) < 4.78 is 16.1. The highest BCUT2D eigenvalue weighted by Gasteiger charge is 2.13. The lowest BCUT2D eigenvalue weighted by atomic mass is 10.1. The summed E-state index contributed by atoms with van der Waals surface area (Å²) >= 11 is 0. The molecule has 0 aromatic heterocycles. The molecule has 0 radical (unpaired) electrons. The van der Waals surface area contributed by atoms with Crippen molar-refractivity contribution in [2.45, 2.75) is 20.0 Å². The molecule has 0 saturated carbocycles. The van der Waals surface area contributed by atoms with Crippen LogP contribution in [0.3, 0.4) is 0 Å². The van der Waals surface area contributed by atoms with Crippen molar-refractivity contribution in [3.05, 3.63) is 53.1 Å². The summed E-state index contributed by atoms with van der Waals surface area (Å²) in [5.41, 5.74) is 2.64. The molecule has 9 heteroatoms. The van der Waals surface area contributed by atoms with E-state index in [1.807, 2.05) is 43.3 Å². The van der Waals surface area contributed by atoms with Gasteiger partial charge in [0.15, 0.2) is 17.5 Å². The number of hydrogen-bond acceptors (Lipinski definition) is 5. The Bertz CT molecular complexity index is 847. The van der Waals surface area contributed by atoms with E-state index in [1.165, 1.54) is 0 Å². The minimum atomic E-state index is -0.0696. The number of amides is 1. The van der Waals surface area contributed by atoms with E-state index < -0.39 is 0 Å². The summed E-state index contributed by atoms with van der Waals surface area (Å²) in [6, 6.07) is 11.2. The third kappa shape index (κ3) is 7.50. The molecule has 0 aliphatic heterocycles. The quantitative estimate of drug-likeness (QED) is 0.257. The summed E-state index contributed by atoms with van der Waals surface area (Å²) in [4.78, 5) is 16.1. The minimum absolute atomic E-state index is 0. The highest BCUT2D eigenvalue weighted by atomic mass is 127. The van der Waals surface area contributed by atoms with Crippen LogP contribution in [0.5, 0.6) is 17.2 Å². The molecule has 0 heterocycles. The highest BCUT2D eigenvalue weighted by molar-refractivity contribution is 14.0. The van der Waals surface area contributed by atoms with Crippen LogP contribution in [-0.2, 0) is 13.1 Å². The summed E-state index contributed by atoms with van der Waals surface area (Å²) in [7, 11) is 6.47. The number of ether oxygens (including phenoxy) is 3. The Labute approximate surface area is 200 Å². The van der Waals surface area contributed by atoms with Gasteiger partial charge in [0.25, 0.3) is 5.91 Å². The normalized spacial score (nSPS) is 10.5. The van der Waals surface area contributed by atoms with Crippen molar-refractivity contribution < 1.29 is 19.0 Å². The van der Waals surface area contributed by atoms with Crippen molar-refractivity contribution in [1.82, 2.24) is 16.0 Å². The molecule has 0 aliphatic carbocycles. The highest BCUT2D eigenvalue weighted by Crippen LogP contribution is 2.38. The van der Waals surface area contributed by atoms with Crippen LogP contribution < -0.4 is 30.2 Å². The Morgan fingerprint density at radius 2 is 1.42 bits per heavy atom. The lowest BCUT2D eigenvalue weighted by Crippen LogP contribution is -2.36. The molecule has 0 saturated heterocycles. The number of nitrogens with zero attached hydrogens (tertiary/aromatic N) is 1. The van der Waals surface area contributed by atoms with Gasteiger partial charge < -0.3 is 30.2 Å². The van der Waals surface area contributed by atoms with E-state index >= 15 is 0 Å². The number of methoxy groups -OCH3 is 3. The monoisotopic (exact) mass is 542 g/mol. The second kappa shape index (κ2) is 13.6. The van der Waals surface area contributed by atoms with Crippen LogP contribution >= 0.6 is 24.0 Å². The van der Waals surface area contributed by atoms with Gasteiger partial charge in [-0.3, -0.25) is 9.79 Å². The Hall–Kier alpha value is -2.69. The fourth-order valence-electron chi connectivity index (χ4n) is 2.87. The molecule has 3 N–H and O–H groups in total. The lowest BCUT2D eigenvalue weighted by Gasteiger charge is -2.16. The molecule has 0 fully saturated rings. The van der Waals surface area contributed by atoms with Crippen LogP contribution in [0.1, 0.15) is 28.4 Å². The van der Waals surface area contributed by atoms with Gasteiger partial charge in [0.2, 0.25) is 5.75 Å². The Morgan fingerprint density at radius 1 is 0.871 bits per heavy atom. The number of nitrogens with one attached hydrogen (secondary N) is 3. The number of benzene rings is 2. The molecule has 0 bridgehead atoms. The molecule has 2 rings (SSSR count). The van der Waals surface area contributed by atoms with Gasteiger partial charge in [-0.1, -0.05) is 12.1 Å². The third-order valence-corrected chi connectivity index (χ3v) is 4.42. The molecule has 31 heavy (non-hydrogen) atoms. The second-order valence-corrected chi connectivity index (χ2v) is 6.37. The molecule has 0 unspecified atom stereocenters. The summed E-state index contributed by atoms with van der Waals surface area (Å²) in [6.45, 7) is 3.60. The van der Waals surface area contributed by atoms with E-state index in [-0.39, 0.29) is 29.9 Å². The number of rotatable bonds is 9. The average Bonchev–Trinajstić information content (AvgIpc) is 2.78. The van der Waals surface area contributed by atoms with Crippen LogP contribution in [-0.4, -0.2) is 46.8 Å². The van der Waals surface area contributed by atoms with Crippen molar-refractivity contribution in [3.8, 4) is 17.2 Å². The maximum atomic E-state index is 11.8. The van der Waals surface area contributed by atoms with Crippen molar-refractivity contribution in [3.63, 3.8) is 0 Å². The SMILES string of the molecule is CCNC(=O)c1ccc(CNC(=NC)NCc2cc(OC)c(OC)c(OC)c2)cc1.I.